The van der Waals surface area contributed by atoms with Crippen LogP contribution in [0.3, 0.4) is 0 Å². The Hall–Kier alpha value is -1.92. The molecule has 0 saturated heterocycles. The van der Waals surface area contributed by atoms with E-state index >= 15 is 0 Å². The highest BCUT2D eigenvalue weighted by molar-refractivity contribution is 7.89. The van der Waals surface area contributed by atoms with E-state index in [0.29, 0.717) is 6.42 Å². The molecule has 0 fully saturated rings. The van der Waals surface area contributed by atoms with Crippen LogP contribution in [0.2, 0.25) is 0 Å². The van der Waals surface area contributed by atoms with Crippen molar-refractivity contribution < 1.29 is 13.2 Å². The molecule has 1 atom stereocenters. The van der Waals surface area contributed by atoms with E-state index in [4.69, 9.17) is 0 Å². The molecule has 0 aromatic heterocycles. The lowest BCUT2D eigenvalue weighted by Crippen LogP contribution is -2.33. The summed E-state index contributed by atoms with van der Waals surface area (Å²) in [6, 6.07) is 4.98. The molecule has 1 unspecified atom stereocenters. The van der Waals surface area contributed by atoms with E-state index < -0.39 is 10.0 Å². The maximum absolute atomic E-state index is 12.8. The number of anilines is 1. The molecule has 1 amide bonds. The van der Waals surface area contributed by atoms with Gasteiger partial charge in [0.05, 0.1) is 4.90 Å². The zero-order valence-corrected chi connectivity index (χ0v) is 14.3. The standard InChI is InChI=1S/C17H22N2O3S/c1-5-9-18(10-6-2)23(21,22)16-7-8-17-15(12-16)11-13(3)19(17)14(4)20/h5-8,12-13H,1-2,9-11H2,3-4H3. The number of carbonyl (C=O) groups is 1. The Balaban J connectivity index is 2.43. The third-order valence-electron chi connectivity index (χ3n) is 3.91. The number of rotatable bonds is 6. The predicted octanol–water partition coefficient (Wildman–Crippen LogP) is 2.35. The Labute approximate surface area is 138 Å². The summed E-state index contributed by atoms with van der Waals surface area (Å²) in [5.41, 5.74) is 1.67. The Morgan fingerprint density at radius 2 is 1.96 bits per heavy atom. The number of fused-ring (bicyclic) bond motifs is 1. The summed E-state index contributed by atoms with van der Waals surface area (Å²) in [7, 11) is -3.61. The molecule has 1 aliphatic heterocycles. The van der Waals surface area contributed by atoms with E-state index in [9.17, 15) is 13.2 Å². The van der Waals surface area contributed by atoms with Crippen molar-refractivity contribution in [3.8, 4) is 0 Å². The van der Waals surface area contributed by atoms with Gasteiger partial charge in [-0.25, -0.2) is 8.42 Å². The molecule has 1 aliphatic rings. The van der Waals surface area contributed by atoms with Crippen molar-refractivity contribution in [3.05, 3.63) is 49.1 Å². The molecule has 0 bridgehead atoms. The monoisotopic (exact) mass is 334 g/mol. The quantitative estimate of drug-likeness (QED) is 0.750. The van der Waals surface area contributed by atoms with Crippen molar-refractivity contribution in [2.75, 3.05) is 18.0 Å². The molecule has 1 heterocycles. The first-order valence-corrected chi connectivity index (χ1v) is 8.91. The number of carbonyl (C=O) groups excluding carboxylic acids is 1. The summed E-state index contributed by atoms with van der Waals surface area (Å²) in [6.07, 6.45) is 3.75. The van der Waals surface area contributed by atoms with Crippen molar-refractivity contribution in [1.29, 1.82) is 0 Å². The predicted molar refractivity (Wildman–Crippen MR) is 91.9 cm³/mol. The minimum absolute atomic E-state index is 0.0354. The van der Waals surface area contributed by atoms with Gasteiger partial charge >= 0.3 is 0 Å². The molecule has 1 aromatic carbocycles. The van der Waals surface area contributed by atoms with Gasteiger partial charge < -0.3 is 4.90 Å². The summed E-state index contributed by atoms with van der Waals surface area (Å²) in [5, 5.41) is 0. The molecule has 5 nitrogen and oxygen atoms in total. The van der Waals surface area contributed by atoms with Crippen LogP contribution in [0.5, 0.6) is 0 Å². The summed E-state index contributed by atoms with van der Waals surface area (Å²) < 4.78 is 26.8. The van der Waals surface area contributed by atoms with Crippen LogP contribution >= 0.6 is 0 Å². The molecule has 1 aromatic rings. The molecule has 0 radical (unpaired) electrons. The van der Waals surface area contributed by atoms with E-state index in [0.717, 1.165) is 11.3 Å². The molecule has 124 valence electrons. The van der Waals surface area contributed by atoms with Gasteiger partial charge in [0.15, 0.2) is 0 Å². The van der Waals surface area contributed by atoms with Crippen LogP contribution in [0.4, 0.5) is 5.69 Å². The van der Waals surface area contributed by atoms with Crippen LogP contribution in [0, 0.1) is 0 Å². The van der Waals surface area contributed by atoms with Crippen LogP contribution in [0.1, 0.15) is 19.4 Å². The topological polar surface area (TPSA) is 57.7 Å². The first-order valence-electron chi connectivity index (χ1n) is 7.47. The van der Waals surface area contributed by atoms with Crippen LogP contribution < -0.4 is 4.90 Å². The van der Waals surface area contributed by atoms with Crippen molar-refractivity contribution in [1.82, 2.24) is 4.31 Å². The van der Waals surface area contributed by atoms with Gasteiger partial charge in [-0.3, -0.25) is 4.79 Å². The largest absolute Gasteiger partial charge is 0.309 e. The van der Waals surface area contributed by atoms with Gasteiger partial charge in [0, 0.05) is 31.7 Å². The highest BCUT2D eigenvalue weighted by atomic mass is 32.2. The van der Waals surface area contributed by atoms with Crippen LogP contribution in [0.25, 0.3) is 0 Å². The smallest absolute Gasteiger partial charge is 0.243 e. The molecule has 0 aliphatic carbocycles. The fraction of sp³-hybridized carbons (Fsp3) is 0.353. The highest BCUT2D eigenvalue weighted by Crippen LogP contribution is 2.34. The fourth-order valence-electron chi connectivity index (χ4n) is 2.96. The van der Waals surface area contributed by atoms with E-state index in [2.05, 4.69) is 13.2 Å². The molecule has 0 N–H and O–H groups in total. The van der Waals surface area contributed by atoms with Gasteiger partial charge in [-0.15, -0.1) is 13.2 Å². The minimum atomic E-state index is -3.61. The summed E-state index contributed by atoms with van der Waals surface area (Å²) in [5.74, 6) is -0.0354. The lowest BCUT2D eigenvalue weighted by atomic mass is 10.1. The van der Waals surface area contributed by atoms with Crippen LogP contribution in [-0.4, -0.2) is 37.8 Å². The number of nitrogens with zero attached hydrogens (tertiary/aromatic N) is 2. The number of benzene rings is 1. The zero-order valence-electron chi connectivity index (χ0n) is 13.5. The molecule has 2 rings (SSSR count). The summed E-state index contributed by atoms with van der Waals surface area (Å²) >= 11 is 0. The third-order valence-corrected chi connectivity index (χ3v) is 5.74. The maximum Gasteiger partial charge on any atom is 0.243 e. The minimum Gasteiger partial charge on any atom is -0.309 e. The normalized spacial score (nSPS) is 17.2. The second-order valence-corrected chi connectivity index (χ2v) is 7.57. The van der Waals surface area contributed by atoms with E-state index in [1.165, 1.54) is 11.2 Å². The average molecular weight is 334 g/mol. The van der Waals surface area contributed by atoms with Gasteiger partial charge in [-0.1, -0.05) is 12.2 Å². The maximum atomic E-state index is 12.8. The fourth-order valence-corrected chi connectivity index (χ4v) is 4.39. The molecule has 23 heavy (non-hydrogen) atoms. The van der Waals surface area contributed by atoms with Crippen molar-refractivity contribution in [2.45, 2.75) is 31.2 Å². The lowest BCUT2D eigenvalue weighted by Gasteiger charge is -2.21. The molecular formula is C17H22N2O3S. The first-order chi connectivity index (χ1) is 10.8. The van der Waals surface area contributed by atoms with Crippen LogP contribution in [0.15, 0.2) is 48.4 Å². The number of hydrogen-bond donors (Lipinski definition) is 0. The Morgan fingerprint density at radius 1 is 1.35 bits per heavy atom. The summed E-state index contributed by atoms with van der Waals surface area (Å²) in [4.78, 5) is 13.7. The Kier molecular flexibility index (Phi) is 5.06. The van der Waals surface area contributed by atoms with Gasteiger partial charge in [-0.05, 0) is 37.1 Å². The lowest BCUT2D eigenvalue weighted by molar-refractivity contribution is -0.116. The number of sulfonamides is 1. The van der Waals surface area contributed by atoms with E-state index in [1.807, 2.05) is 6.92 Å². The molecule has 0 spiro atoms. The second kappa shape index (κ2) is 6.68. The SMILES string of the molecule is C=CCN(CC=C)S(=O)(=O)c1ccc2c(c1)CC(C)N2C(C)=O. The van der Waals surface area contributed by atoms with Crippen LogP contribution in [-0.2, 0) is 21.2 Å². The zero-order chi connectivity index (χ0) is 17.2. The molecule has 6 heteroatoms. The van der Waals surface area contributed by atoms with Gasteiger partial charge in [-0.2, -0.15) is 4.31 Å². The Bertz CT molecular complexity index is 730. The number of amides is 1. The summed E-state index contributed by atoms with van der Waals surface area (Å²) in [6.45, 7) is 11.1. The molecular weight excluding hydrogens is 312 g/mol. The Morgan fingerprint density at radius 3 is 2.48 bits per heavy atom. The van der Waals surface area contributed by atoms with Crippen molar-refractivity contribution >= 4 is 21.6 Å². The highest BCUT2D eigenvalue weighted by Gasteiger charge is 2.31. The number of hydrogen-bond acceptors (Lipinski definition) is 3. The van der Waals surface area contributed by atoms with Gasteiger partial charge in [0.2, 0.25) is 15.9 Å². The third kappa shape index (κ3) is 3.23. The van der Waals surface area contributed by atoms with E-state index in [-0.39, 0.29) is 29.9 Å². The van der Waals surface area contributed by atoms with Crippen molar-refractivity contribution in [3.63, 3.8) is 0 Å². The van der Waals surface area contributed by atoms with Crippen molar-refractivity contribution in [2.24, 2.45) is 0 Å². The van der Waals surface area contributed by atoms with Gasteiger partial charge in [0.1, 0.15) is 0 Å². The average Bonchev–Trinajstić information content (AvgIpc) is 2.81. The molecule has 0 saturated carbocycles. The van der Waals surface area contributed by atoms with Gasteiger partial charge in [0.25, 0.3) is 0 Å². The van der Waals surface area contributed by atoms with E-state index in [1.54, 1.807) is 35.3 Å². The second-order valence-electron chi connectivity index (χ2n) is 5.63. The first kappa shape index (κ1) is 17.4.